The molecule has 0 aliphatic rings. The Balaban J connectivity index is 2.49. The van der Waals surface area contributed by atoms with Gasteiger partial charge in [-0.25, -0.2) is 23.1 Å². The number of hydrogen-bond donors (Lipinski definition) is 1. The second-order valence-electron chi connectivity index (χ2n) is 4.29. The van der Waals surface area contributed by atoms with Gasteiger partial charge >= 0.3 is 0 Å². The highest BCUT2D eigenvalue weighted by Crippen LogP contribution is 2.29. The lowest BCUT2D eigenvalue weighted by molar-refractivity contribution is 0.399. The Labute approximate surface area is 117 Å². The van der Waals surface area contributed by atoms with E-state index in [9.17, 15) is 8.42 Å². The smallest absolute Gasteiger partial charge is 0.267 e. The van der Waals surface area contributed by atoms with E-state index in [0.29, 0.717) is 5.75 Å². The lowest BCUT2D eigenvalue weighted by Gasteiger charge is -2.13. The first-order chi connectivity index (χ1) is 9.44. The molecule has 2 aromatic rings. The molecule has 0 amide bonds. The Bertz CT molecular complexity index is 715. The molecular formula is C13H15N3O3S. The summed E-state index contributed by atoms with van der Waals surface area (Å²) in [5.74, 6) is 0.341. The van der Waals surface area contributed by atoms with Gasteiger partial charge in [0.05, 0.1) is 7.11 Å². The predicted octanol–water partition coefficient (Wildman–Crippen LogP) is 1.90. The summed E-state index contributed by atoms with van der Waals surface area (Å²) in [5, 5.41) is 0. The molecule has 0 unspecified atom stereocenters. The van der Waals surface area contributed by atoms with Gasteiger partial charge in [0.15, 0.2) is 0 Å². The molecule has 0 atom stereocenters. The first-order valence-corrected chi connectivity index (χ1v) is 7.37. The summed E-state index contributed by atoms with van der Waals surface area (Å²) in [4.78, 5) is 7.77. The molecule has 0 fully saturated rings. The zero-order chi connectivity index (χ0) is 14.8. The number of nitrogens with zero attached hydrogens (tertiary/aromatic N) is 2. The Morgan fingerprint density at radius 1 is 1.15 bits per heavy atom. The van der Waals surface area contributed by atoms with Gasteiger partial charge in [-0.3, -0.25) is 0 Å². The highest BCUT2D eigenvalue weighted by Gasteiger charge is 2.22. The molecule has 6 nitrogen and oxygen atoms in total. The maximum absolute atomic E-state index is 12.4. The molecule has 1 aromatic heterocycles. The molecule has 1 N–H and O–H groups in total. The average molecular weight is 293 g/mol. The SMILES string of the molecule is COc1c(C)cc(C)cc1S(=O)(=O)Nc1ncccn1. The lowest BCUT2D eigenvalue weighted by atomic mass is 10.1. The predicted molar refractivity (Wildman–Crippen MR) is 75.3 cm³/mol. The maximum atomic E-state index is 12.4. The molecule has 106 valence electrons. The van der Waals surface area contributed by atoms with Crippen LogP contribution in [0.2, 0.25) is 0 Å². The molecule has 20 heavy (non-hydrogen) atoms. The van der Waals surface area contributed by atoms with Crippen molar-refractivity contribution in [2.24, 2.45) is 0 Å². The number of methoxy groups -OCH3 is 1. The summed E-state index contributed by atoms with van der Waals surface area (Å²) < 4.78 is 32.4. The van der Waals surface area contributed by atoms with E-state index in [1.165, 1.54) is 19.5 Å². The lowest BCUT2D eigenvalue weighted by Crippen LogP contribution is -2.16. The van der Waals surface area contributed by atoms with Crippen LogP contribution in [-0.2, 0) is 10.0 Å². The third kappa shape index (κ3) is 2.88. The molecular weight excluding hydrogens is 278 g/mol. The molecule has 0 aliphatic heterocycles. The Kier molecular flexibility index (Phi) is 3.89. The fourth-order valence-corrected chi connectivity index (χ4v) is 3.19. The molecule has 0 radical (unpaired) electrons. The fourth-order valence-electron chi connectivity index (χ4n) is 1.90. The Morgan fingerprint density at radius 2 is 1.80 bits per heavy atom. The number of hydrogen-bond acceptors (Lipinski definition) is 5. The van der Waals surface area contributed by atoms with Gasteiger partial charge in [-0.2, -0.15) is 0 Å². The Morgan fingerprint density at radius 3 is 2.40 bits per heavy atom. The Hall–Kier alpha value is -2.15. The number of aryl methyl sites for hydroxylation is 2. The second-order valence-corrected chi connectivity index (χ2v) is 5.94. The van der Waals surface area contributed by atoms with E-state index < -0.39 is 10.0 Å². The summed E-state index contributed by atoms with van der Waals surface area (Å²) >= 11 is 0. The van der Waals surface area contributed by atoms with Crippen molar-refractivity contribution in [3.05, 3.63) is 41.7 Å². The van der Waals surface area contributed by atoms with Crippen LogP contribution < -0.4 is 9.46 Å². The summed E-state index contributed by atoms with van der Waals surface area (Å²) in [6, 6.07) is 5.02. The number of sulfonamides is 1. The van der Waals surface area contributed by atoms with E-state index in [1.54, 1.807) is 19.1 Å². The van der Waals surface area contributed by atoms with E-state index >= 15 is 0 Å². The van der Waals surface area contributed by atoms with Crippen molar-refractivity contribution < 1.29 is 13.2 Å². The van der Waals surface area contributed by atoms with Gasteiger partial charge in [0, 0.05) is 12.4 Å². The van der Waals surface area contributed by atoms with Crippen molar-refractivity contribution in [1.29, 1.82) is 0 Å². The average Bonchev–Trinajstić information content (AvgIpc) is 2.38. The summed E-state index contributed by atoms with van der Waals surface area (Å²) in [7, 11) is -2.36. The van der Waals surface area contributed by atoms with Gasteiger partial charge in [0.1, 0.15) is 10.6 Å². The normalized spacial score (nSPS) is 11.2. The highest BCUT2D eigenvalue weighted by atomic mass is 32.2. The molecule has 1 heterocycles. The van der Waals surface area contributed by atoms with Crippen molar-refractivity contribution in [1.82, 2.24) is 9.97 Å². The van der Waals surface area contributed by atoms with Crippen molar-refractivity contribution >= 4 is 16.0 Å². The van der Waals surface area contributed by atoms with Crippen molar-refractivity contribution in [3.8, 4) is 5.75 Å². The molecule has 0 saturated carbocycles. The van der Waals surface area contributed by atoms with Crippen LogP contribution in [-0.4, -0.2) is 25.5 Å². The summed E-state index contributed by atoms with van der Waals surface area (Å²) in [6.07, 6.45) is 2.92. The third-order valence-corrected chi connectivity index (χ3v) is 4.00. The van der Waals surface area contributed by atoms with E-state index in [-0.39, 0.29) is 10.8 Å². The molecule has 7 heteroatoms. The van der Waals surface area contributed by atoms with Gasteiger partial charge in [-0.1, -0.05) is 6.07 Å². The van der Waals surface area contributed by atoms with Crippen LogP contribution in [0.4, 0.5) is 5.95 Å². The number of aromatic nitrogens is 2. The number of ether oxygens (including phenoxy) is 1. The van der Waals surface area contributed by atoms with Gasteiger partial charge in [-0.05, 0) is 37.1 Å². The second kappa shape index (κ2) is 5.46. The monoisotopic (exact) mass is 293 g/mol. The number of anilines is 1. The first-order valence-electron chi connectivity index (χ1n) is 5.89. The summed E-state index contributed by atoms with van der Waals surface area (Å²) in [6.45, 7) is 3.62. The molecule has 0 bridgehead atoms. The first kappa shape index (κ1) is 14.3. The van der Waals surface area contributed by atoms with Crippen LogP contribution in [0, 0.1) is 13.8 Å². The highest BCUT2D eigenvalue weighted by molar-refractivity contribution is 7.92. The standard InChI is InChI=1S/C13H15N3O3S/c1-9-7-10(2)12(19-3)11(8-9)20(17,18)16-13-14-5-4-6-15-13/h4-8H,1-3H3,(H,14,15,16). The number of nitrogens with one attached hydrogen (secondary N) is 1. The van der Waals surface area contributed by atoms with Gasteiger partial charge in [0.25, 0.3) is 10.0 Å². The van der Waals surface area contributed by atoms with Gasteiger partial charge < -0.3 is 4.74 Å². The van der Waals surface area contributed by atoms with Crippen LogP contribution in [0.1, 0.15) is 11.1 Å². The molecule has 2 rings (SSSR count). The van der Waals surface area contributed by atoms with Crippen molar-refractivity contribution in [2.75, 3.05) is 11.8 Å². The van der Waals surface area contributed by atoms with E-state index in [4.69, 9.17) is 4.74 Å². The van der Waals surface area contributed by atoms with Gasteiger partial charge in [0.2, 0.25) is 5.95 Å². The topological polar surface area (TPSA) is 81.2 Å². The minimum absolute atomic E-state index is 0.0220. The molecule has 0 spiro atoms. The van der Waals surface area contributed by atoms with Crippen LogP contribution >= 0.6 is 0 Å². The van der Waals surface area contributed by atoms with E-state index in [1.807, 2.05) is 13.0 Å². The summed E-state index contributed by atoms with van der Waals surface area (Å²) in [5.41, 5.74) is 1.58. The van der Waals surface area contributed by atoms with E-state index in [2.05, 4.69) is 14.7 Å². The minimum Gasteiger partial charge on any atom is -0.495 e. The molecule has 0 aliphatic carbocycles. The van der Waals surface area contributed by atoms with Crippen LogP contribution in [0.5, 0.6) is 5.75 Å². The van der Waals surface area contributed by atoms with Gasteiger partial charge in [-0.15, -0.1) is 0 Å². The van der Waals surface area contributed by atoms with Crippen molar-refractivity contribution in [2.45, 2.75) is 18.7 Å². The zero-order valence-corrected chi connectivity index (χ0v) is 12.2. The number of rotatable bonds is 4. The van der Waals surface area contributed by atoms with Crippen LogP contribution in [0.3, 0.4) is 0 Å². The minimum atomic E-state index is -3.80. The van der Waals surface area contributed by atoms with Crippen LogP contribution in [0.25, 0.3) is 0 Å². The maximum Gasteiger partial charge on any atom is 0.267 e. The van der Waals surface area contributed by atoms with E-state index in [0.717, 1.165) is 11.1 Å². The number of benzene rings is 1. The molecule has 0 saturated heterocycles. The largest absolute Gasteiger partial charge is 0.495 e. The van der Waals surface area contributed by atoms with Crippen LogP contribution in [0.15, 0.2) is 35.5 Å². The van der Waals surface area contributed by atoms with Crippen molar-refractivity contribution in [3.63, 3.8) is 0 Å². The zero-order valence-electron chi connectivity index (χ0n) is 11.4. The third-order valence-electron chi connectivity index (χ3n) is 2.67. The quantitative estimate of drug-likeness (QED) is 0.931. The fraction of sp³-hybridized carbons (Fsp3) is 0.231. The molecule has 1 aromatic carbocycles.